The summed E-state index contributed by atoms with van der Waals surface area (Å²) in [6.45, 7) is 5.56. The third-order valence-corrected chi connectivity index (χ3v) is 4.26. The Morgan fingerprint density at radius 3 is 2.94 bits per heavy atom. The second kappa shape index (κ2) is 7.34. The summed E-state index contributed by atoms with van der Waals surface area (Å²) in [4.78, 5) is 2.54. The summed E-state index contributed by atoms with van der Waals surface area (Å²) in [5, 5.41) is 3.62. The van der Waals surface area contributed by atoms with Gasteiger partial charge in [-0.1, -0.05) is 6.42 Å². The molecule has 0 saturated carbocycles. The topological polar surface area (TPSA) is 24.5 Å². The van der Waals surface area contributed by atoms with Crippen LogP contribution in [0.1, 0.15) is 38.5 Å². The fourth-order valence-corrected chi connectivity index (χ4v) is 3.05. The van der Waals surface area contributed by atoms with Crippen LogP contribution >= 0.6 is 0 Å². The maximum Gasteiger partial charge on any atom is 0.0506 e. The van der Waals surface area contributed by atoms with Crippen molar-refractivity contribution < 1.29 is 4.74 Å². The van der Waals surface area contributed by atoms with Crippen molar-refractivity contribution in [2.45, 2.75) is 44.6 Å². The highest BCUT2D eigenvalue weighted by Gasteiger charge is 2.18. The largest absolute Gasteiger partial charge is 0.381 e. The van der Waals surface area contributed by atoms with E-state index in [0.717, 1.165) is 31.7 Å². The molecule has 0 aliphatic carbocycles. The zero-order valence-electron chi connectivity index (χ0n) is 11.3. The Labute approximate surface area is 106 Å². The van der Waals surface area contributed by atoms with Gasteiger partial charge in [0.1, 0.15) is 0 Å². The van der Waals surface area contributed by atoms with E-state index in [0.29, 0.717) is 0 Å². The van der Waals surface area contributed by atoms with E-state index in [1.54, 1.807) is 0 Å². The fourth-order valence-electron chi connectivity index (χ4n) is 3.05. The van der Waals surface area contributed by atoms with E-state index in [-0.39, 0.29) is 0 Å². The first-order chi connectivity index (χ1) is 8.36. The Balaban J connectivity index is 1.53. The van der Waals surface area contributed by atoms with Crippen LogP contribution in [0.5, 0.6) is 0 Å². The SMILES string of the molecule is CN1CCCCC1CCNCC1CCCOC1. The Kier molecular flexibility index (Phi) is 5.75. The van der Waals surface area contributed by atoms with Crippen LogP contribution < -0.4 is 5.32 Å². The lowest BCUT2D eigenvalue weighted by Crippen LogP contribution is -2.39. The zero-order valence-corrected chi connectivity index (χ0v) is 11.3. The molecular formula is C14H28N2O. The molecule has 0 aromatic rings. The predicted octanol–water partition coefficient (Wildman–Crippen LogP) is 1.88. The molecule has 2 saturated heterocycles. The normalized spacial score (nSPS) is 31.6. The molecule has 3 nitrogen and oxygen atoms in total. The molecule has 0 amide bonds. The molecule has 3 heteroatoms. The maximum absolute atomic E-state index is 5.50. The van der Waals surface area contributed by atoms with Gasteiger partial charge in [-0.25, -0.2) is 0 Å². The lowest BCUT2D eigenvalue weighted by atomic mass is 9.99. The molecule has 0 aromatic carbocycles. The van der Waals surface area contributed by atoms with Gasteiger partial charge in [0, 0.05) is 19.2 Å². The molecule has 2 aliphatic rings. The van der Waals surface area contributed by atoms with Gasteiger partial charge in [0.05, 0.1) is 6.61 Å². The van der Waals surface area contributed by atoms with E-state index >= 15 is 0 Å². The molecule has 17 heavy (non-hydrogen) atoms. The van der Waals surface area contributed by atoms with Gasteiger partial charge >= 0.3 is 0 Å². The summed E-state index contributed by atoms with van der Waals surface area (Å²) in [5.74, 6) is 0.757. The van der Waals surface area contributed by atoms with Crippen LogP contribution in [-0.4, -0.2) is 50.8 Å². The van der Waals surface area contributed by atoms with Crippen LogP contribution in [-0.2, 0) is 4.74 Å². The molecule has 0 radical (unpaired) electrons. The molecule has 2 fully saturated rings. The minimum absolute atomic E-state index is 0.757. The predicted molar refractivity (Wildman–Crippen MR) is 71.3 cm³/mol. The first-order valence-electron chi connectivity index (χ1n) is 7.35. The van der Waals surface area contributed by atoms with Crippen LogP contribution in [0.4, 0.5) is 0 Å². The maximum atomic E-state index is 5.50. The quantitative estimate of drug-likeness (QED) is 0.743. The summed E-state index contributed by atoms with van der Waals surface area (Å²) in [7, 11) is 2.28. The number of rotatable bonds is 5. The lowest BCUT2D eigenvalue weighted by molar-refractivity contribution is 0.0546. The average molecular weight is 240 g/mol. The molecule has 2 atom stereocenters. The van der Waals surface area contributed by atoms with E-state index in [1.807, 2.05) is 0 Å². The summed E-state index contributed by atoms with van der Waals surface area (Å²) in [6.07, 6.45) is 8.11. The Bertz CT molecular complexity index is 204. The molecule has 0 spiro atoms. The van der Waals surface area contributed by atoms with Gasteiger partial charge in [-0.15, -0.1) is 0 Å². The second-order valence-electron chi connectivity index (χ2n) is 5.71. The number of hydrogen-bond acceptors (Lipinski definition) is 3. The summed E-state index contributed by atoms with van der Waals surface area (Å²) >= 11 is 0. The number of piperidine rings is 1. The highest BCUT2D eigenvalue weighted by Crippen LogP contribution is 2.17. The van der Waals surface area contributed by atoms with Crippen molar-refractivity contribution in [3.05, 3.63) is 0 Å². The van der Waals surface area contributed by atoms with Gasteiger partial charge in [-0.05, 0) is 58.2 Å². The van der Waals surface area contributed by atoms with Gasteiger partial charge in [0.25, 0.3) is 0 Å². The molecule has 0 aromatic heterocycles. The number of hydrogen-bond donors (Lipinski definition) is 1. The number of likely N-dealkylation sites (tertiary alicyclic amines) is 1. The van der Waals surface area contributed by atoms with Gasteiger partial charge in [0.15, 0.2) is 0 Å². The van der Waals surface area contributed by atoms with E-state index in [4.69, 9.17) is 4.74 Å². The van der Waals surface area contributed by atoms with E-state index in [1.165, 1.54) is 51.6 Å². The van der Waals surface area contributed by atoms with Crippen molar-refractivity contribution >= 4 is 0 Å². The Morgan fingerprint density at radius 1 is 1.24 bits per heavy atom. The minimum atomic E-state index is 0.757. The number of nitrogens with zero attached hydrogens (tertiary/aromatic N) is 1. The van der Waals surface area contributed by atoms with Crippen LogP contribution in [0.25, 0.3) is 0 Å². The van der Waals surface area contributed by atoms with Crippen molar-refractivity contribution in [1.29, 1.82) is 0 Å². The average Bonchev–Trinajstić information content (AvgIpc) is 2.38. The summed E-state index contributed by atoms with van der Waals surface area (Å²) in [5.41, 5.74) is 0. The summed E-state index contributed by atoms with van der Waals surface area (Å²) in [6, 6.07) is 0.818. The second-order valence-corrected chi connectivity index (χ2v) is 5.71. The van der Waals surface area contributed by atoms with Crippen molar-refractivity contribution in [2.24, 2.45) is 5.92 Å². The van der Waals surface area contributed by atoms with Gasteiger partial charge < -0.3 is 15.0 Å². The van der Waals surface area contributed by atoms with Crippen molar-refractivity contribution in [1.82, 2.24) is 10.2 Å². The third-order valence-electron chi connectivity index (χ3n) is 4.26. The first-order valence-corrected chi connectivity index (χ1v) is 7.35. The zero-order chi connectivity index (χ0) is 11.9. The van der Waals surface area contributed by atoms with Crippen LogP contribution in [0.3, 0.4) is 0 Å². The lowest BCUT2D eigenvalue weighted by Gasteiger charge is -2.32. The fraction of sp³-hybridized carbons (Fsp3) is 1.00. The molecular weight excluding hydrogens is 212 g/mol. The van der Waals surface area contributed by atoms with Crippen molar-refractivity contribution in [3.63, 3.8) is 0 Å². The number of nitrogens with one attached hydrogen (secondary N) is 1. The minimum Gasteiger partial charge on any atom is -0.381 e. The highest BCUT2D eigenvalue weighted by atomic mass is 16.5. The molecule has 2 unspecified atom stereocenters. The van der Waals surface area contributed by atoms with E-state index in [2.05, 4.69) is 17.3 Å². The van der Waals surface area contributed by atoms with E-state index < -0.39 is 0 Å². The van der Waals surface area contributed by atoms with Gasteiger partial charge in [-0.3, -0.25) is 0 Å². The van der Waals surface area contributed by atoms with Crippen LogP contribution in [0.15, 0.2) is 0 Å². The first kappa shape index (κ1) is 13.3. The molecule has 2 aliphatic heterocycles. The highest BCUT2D eigenvalue weighted by molar-refractivity contribution is 4.75. The monoisotopic (exact) mass is 240 g/mol. The van der Waals surface area contributed by atoms with Crippen molar-refractivity contribution in [2.75, 3.05) is 39.9 Å². The van der Waals surface area contributed by atoms with Gasteiger partial charge in [0.2, 0.25) is 0 Å². The Morgan fingerprint density at radius 2 is 2.18 bits per heavy atom. The molecule has 100 valence electrons. The van der Waals surface area contributed by atoms with Gasteiger partial charge in [-0.2, -0.15) is 0 Å². The van der Waals surface area contributed by atoms with Crippen LogP contribution in [0.2, 0.25) is 0 Å². The summed E-state index contributed by atoms with van der Waals surface area (Å²) < 4.78 is 5.50. The molecule has 2 rings (SSSR count). The number of ether oxygens (including phenoxy) is 1. The Hall–Kier alpha value is -0.120. The third kappa shape index (κ3) is 4.57. The van der Waals surface area contributed by atoms with E-state index in [9.17, 15) is 0 Å². The molecule has 1 N–H and O–H groups in total. The van der Waals surface area contributed by atoms with Crippen LogP contribution in [0, 0.1) is 5.92 Å². The molecule has 0 bridgehead atoms. The van der Waals surface area contributed by atoms with Crippen molar-refractivity contribution in [3.8, 4) is 0 Å². The molecule has 2 heterocycles. The smallest absolute Gasteiger partial charge is 0.0506 e. The standard InChI is InChI=1S/C14H28N2O/c1-16-9-3-2-6-14(16)7-8-15-11-13-5-4-10-17-12-13/h13-15H,2-12H2,1H3.